The Labute approximate surface area is 96.3 Å². The lowest BCUT2D eigenvalue weighted by Crippen LogP contribution is -2.04. The number of pyridine rings is 1. The van der Waals surface area contributed by atoms with Crippen LogP contribution in [-0.4, -0.2) is 4.98 Å². The fourth-order valence-corrected chi connectivity index (χ4v) is 1.85. The van der Waals surface area contributed by atoms with E-state index in [1.54, 1.807) is 6.92 Å². The number of nitrogens with two attached hydrogens (primary N) is 1. The lowest BCUT2D eigenvalue weighted by molar-refractivity contribution is 0.505. The maximum Gasteiger partial charge on any atom is 0.170 e. The molecule has 0 fully saturated rings. The second-order valence-electron chi connectivity index (χ2n) is 3.83. The van der Waals surface area contributed by atoms with Crippen LogP contribution in [-0.2, 0) is 6.42 Å². The summed E-state index contributed by atoms with van der Waals surface area (Å²) in [4.78, 5) is 3.99. The van der Waals surface area contributed by atoms with Crippen molar-refractivity contribution in [2.24, 2.45) is 0 Å². The summed E-state index contributed by atoms with van der Waals surface area (Å²) in [6, 6.07) is 0.485. The monoisotopic (exact) mass is 240 g/mol. The first-order valence-corrected chi connectivity index (χ1v) is 5.19. The van der Waals surface area contributed by atoms with E-state index in [0.717, 1.165) is 0 Å². The van der Waals surface area contributed by atoms with Crippen LogP contribution in [0.25, 0.3) is 10.9 Å². The Morgan fingerprint density at radius 3 is 2.47 bits per heavy atom. The maximum absolute atomic E-state index is 13.6. The molecule has 0 saturated heterocycles. The summed E-state index contributed by atoms with van der Waals surface area (Å²) in [6.45, 7) is 3.49. The van der Waals surface area contributed by atoms with Gasteiger partial charge in [0.25, 0.3) is 0 Å². The zero-order valence-electron chi connectivity index (χ0n) is 9.44. The molecule has 2 nitrogen and oxygen atoms in total. The molecule has 17 heavy (non-hydrogen) atoms. The van der Waals surface area contributed by atoms with Gasteiger partial charge in [0.05, 0.1) is 5.39 Å². The molecule has 2 N–H and O–H groups in total. The van der Waals surface area contributed by atoms with E-state index in [0.29, 0.717) is 23.7 Å². The van der Waals surface area contributed by atoms with Crippen LogP contribution >= 0.6 is 0 Å². The quantitative estimate of drug-likeness (QED) is 0.778. The van der Waals surface area contributed by atoms with E-state index in [1.807, 2.05) is 6.92 Å². The molecule has 0 aliphatic carbocycles. The minimum absolute atomic E-state index is 0.0442. The molecule has 0 aliphatic heterocycles. The first-order chi connectivity index (χ1) is 7.97. The van der Waals surface area contributed by atoms with Gasteiger partial charge in [0.2, 0.25) is 0 Å². The van der Waals surface area contributed by atoms with Gasteiger partial charge in [-0.05, 0) is 18.9 Å². The van der Waals surface area contributed by atoms with Crippen molar-refractivity contribution in [3.8, 4) is 0 Å². The van der Waals surface area contributed by atoms with E-state index in [-0.39, 0.29) is 16.6 Å². The van der Waals surface area contributed by atoms with Gasteiger partial charge >= 0.3 is 0 Å². The van der Waals surface area contributed by atoms with Gasteiger partial charge in [-0.2, -0.15) is 0 Å². The number of aryl methyl sites for hydroxylation is 1. The van der Waals surface area contributed by atoms with Crippen LogP contribution < -0.4 is 5.73 Å². The van der Waals surface area contributed by atoms with E-state index in [4.69, 9.17) is 5.73 Å². The molecule has 90 valence electrons. The third kappa shape index (κ3) is 1.62. The van der Waals surface area contributed by atoms with Crippen LogP contribution in [0.3, 0.4) is 0 Å². The molecule has 0 atom stereocenters. The summed E-state index contributed by atoms with van der Waals surface area (Å²) in [5.74, 6) is -3.32. The highest BCUT2D eigenvalue weighted by Gasteiger charge is 2.18. The van der Waals surface area contributed by atoms with E-state index in [2.05, 4.69) is 4.98 Å². The zero-order chi connectivity index (χ0) is 12.7. The Morgan fingerprint density at radius 1 is 1.24 bits per heavy atom. The molecule has 0 radical (unpaired) electrons. The number of fused-ring (bicyclic) bond motifs is 1. The molecular weight excluding hydrogens is 229 g/mol. The molecule has 0 spiro atoms. The molecule has 0 bridgehead atoms. The van der Waals surface area contributed by atoms with Gasteiger partial charge in [-0.3, -0.25) is 0 Å². The van der Waals surface area contributed by atoms with E-state index in [9.17, 15) is 13.2 Å². The van der Waals surface area contributed by atoms with Crippen LogP contribution in [0.2, 0.25) is 0 Å². The van der Waals surface area contributed by atoms with E-state index >= 15 is 0 Å². The number of rotatable bonds is 1. The van der Waals surface area contributed by atoms with Crippen molar-refractivity contribution >= 4 is 16.6 Å². The minimum atomic E-state index is -1.26. The molecule has 2 aromatic rings. The summed E-state index contributed by atoms with van der Waals surface area (Å²) >= 11 is 0. The Morgan fingerprint density at radius 2 is 1.88 bits per heavy atom. The fourth-order valence-electron chi connectivity index (χ4n) is 1.85. The fraction of sp³-hybridized carbons (Fsp3) is 0.250. The van der Waals surface area contributed by atoms with Crippen molar-refractivity contribution in [1.29, 1.82) is 0 Å². The molecule has 1 aromatic carbocycles. The third-order valence-electron chi connectivity index (χ3n) is 2.83. The second kappa shape index (κ2) is 3.91. The summed E-state index contributed by atoms with van der Waals surface area (Å²) in [5.41, 5.74) is 6.69. The molecule has 1 aromatic heterocycles. The summed E-state index contributed by atoms with van der Waals surface area (Å²) in [7, 11) is 0. The lowest BCUT2D eigenvalue weighted by Gasteiger charge is -2.11. The van der Waals surface area contributed by atoms with Crippen molar-refractivity contribution in [3.05, 3.63) is 34.8 Å². The molecule has 1 heterocycles. The van der Waals surface area contributed by atoms with Crippen molar-refractivity contribution in [2.45, 2.75) is 20.3 Å². The highest BCUT2D eigenvalue weighted by Crippen LogP contribution is 2.30. The van der Waals surface area contributed by atoms with Crippen LogP contribution in [0.5, 0.6) is 0 Å². The standard InChI is InChI=1S/C12H11F3N2/c1-3-8-5(2)11(16)9-10(15)6(13)4-7(14)12(9)17-8/h4H,3H2,1-2H3,(H2,16,17). The van der Waals surface area contributed by atoms with E-state index in [1.165, 1.54) is 0 Å². The summed E-state index contributed by atoms with van der Waals surface area (Å²) < 4.78 is 40.2. The van der Waals surface area contributed by atoms with Crippen molar-refractivity contribution in [3.63, 3.8) is 0 Å². The highest BCUT2D eigenvalue weighted by molar-refractivity contribution is 5.93. The van der Waals surface area contributed by atoms with Gasteiger partial charge in [-0.25, -0.2) is 18.2 Å². The van der Waals surface area contributed by atoms with Crippen LogP contribution in [0.1, 0.15) is 18.2 Å². The Bertz CT molecular complexity index is 609. The summed E-state index contributed by atoms with van der Waals surface area (Å²) in [5, 5.41) is -0.280. The molecule has 0 saturated carbocycles. The number of aromatic nitrogens is 1. The predicted molar refractivity (Wildman–Crippen MR) is 60.1 cm³/mol. The molecule has 0 aliphatic rings. The first kappa shape index (κ1) is 11.7. The lowest BCUT2D eigenvalue weighted by atomic mass is 10.0. The van der Waals surface area contributed by atoms with Gasteiger partial charge in [0, 0.05) is 17.4 Å². The number of hydrogen-bond acceptors (Lipinski definition) is 2. The molecular formula is C12H11F3N2. The van der Waals surface area contributed by atoms with Crippen molar-refractivity contribution in [1.82, 2.24) is 4.98 Å². The highest BCUT2D eigenvalue weighted by atomic mass is 19.2. The van der Waals surface area contributed by atoms with E-state index < -0.39 is 17.5 Å². The number of anilines is 1. The van der Waals surface area contributed by atoms with Gasteiger partial charge in [0.1, 0.15) is 5.52 Å². The molecule has 5 heteroatoms. The SMILES string of the molecule is CCc1nc2c(F)cc(F)c(F)c2c(N)c1C. The second-order valence-corrected chi connectivity index (χ2v) is 3.83. The number of benzene rings is 1. The van der Waals surface area contributed by atoms with Crippen molar-refractivity contribution < 1.29 is 13.2 Å². The first-order valence-electron chi connectivity index (χ1n) is 5.19. The minimum Gasteiger partial charge on any atom is -0.398 e. The number of nitrogens with zero attached hydrogens (tertiary/aromatic N) is 1. The molecule has 2 rings (SSSR count). The number of hydrogen-bond donors (Lipinski definition) is 1. The molecule has 0 amide bonds. The van der Waals surface area contributed by atoms with Crippen LogP contribution in [0.15, 0.2) is 6.07 Å². The smallest absolute Gasteiger partial charge is 0.170 e. The van der Waals surface area contributed by atoms with Gasteiger partial charge in [-0.15, -0.1) is 0 Å². The average Bonchev–Trinajstić information content (AvgIpc) is 2.29. The van der Waals surface area contributed by atoms with Crippen molar-refractivity contribution in [2.75, 3.05) is 5.73 Å². The largest absolute Gasteiger partial charge is 0.398 e. The average molecular weight is 240 g/mol. The zero-order valence-corrected chi connectivity index (χ0v) is 9.44. The number of nitrogen functional groups attached to an aromatic ring is 1. The van der Waals surface area contributed by atoms with Gasteiger partial charge < -0.3 is 5.73 Å². The molecule has 0 unspecified atom stereocenters. The number of halogens is 3. The maximum atomic E-state index is 13.6. The van der Waals surface area contributed by atoms with Gasteiger partial charge in [0.15, 0.2) is 17.5 Å². The topological polar surface area (TPSA) is 38.9 Å². The Balaban J connectivity index is 3.01. The Hall–Kier alpha value is -1.78. The van der Waals surface area contributed by atoms with Crippen LogP contribution in [0.4, 0.5) is 18.9 Å². The third-order valence-corrected chi connectivity index (χ3v) is 2.83. The van der Waals surface area contributed by atoms with Crippen LogP contribution in [0, 0.1) is 24.4 Å². The normalized spacial score (nSPS) is 11.1. The van der Waals surface area contributed by atoms with Gasteiger partial charge in [-0.1, -0.05) is 6.92 Å². The predicted octanol–water partition coefficient (Wildman–Crippen LogP) is 3.11. The Kier molecular flexibility index (Phi) is 2.69. The summed E-state index contributed by atoms with van der Waals surface area (Å²) in [6.07, 6.45) is 0.546.